The topological polar surface area (TPSA) is 63.6 Å². The molecule has 0 saturated heterocycles. The van der Waals surface area contributed by atoms with E-state index in [0.29, 0.717) is 19.3 Å². The summed E-state index contributed by atoms with van der Waals surface area (Å²) in [5, 5.41) is 8.65. The van der Waals surface area contributed by atoms with E-state index in [9.17, 15) is 9.59 Å². The molecule has 110 valence electrons. The molecule has 0 rings (SSSR count). The maximum Gasteiger partial charge on any atom is 0.309 e. The largest absolute Gasteiger partial charge is 0.481 e. The summed E-state index contributed by atoms with van der Waals surface area (Å²) in [4.78, 5) is 22.6. The van der Waals surface area contributed by atoms with Crippen LogP contribution in [-0.2, 0) is 14.3 Å². The first kappa shape index (κ1) is 17.7. The highest BCUT2D eigenvalue weighted by molar-refractivity contribution is 5.73. The second-order valence-corrected chi connectivity index (χ2v) is 6.03. The summed E-state index contributed by atoms with van der Waals surface area (Å²) in [6.45, 7) is 11.1. The number of allylic oxidation sites excluding steroid dienone is 1. The molecule has 1 N–H and O–H groups in total. The Bertz CT molecular complexity index is 315. The third-order valence-corrected chi connectivity index (χ3v) is 2.73. The molecule has 0 aliphatic rings. The zero-order chi connectivity index (χ0) is 15.1. The van der Waals surface area contributed by atoms with Gasteiger partial charge in [0, 0.05) is 6.42 Å². The van der Waals surface area contributed by atoms with Crippen molar-refractivity contribution in [1.29, 1.82) is 0 Å². The van der Waals surface area contributed by atoms with Gasteiger partial charge in [0.2, 0.25) is 0 Å². The van der Waals surface area contributed by atoms with Crippen molar-refractivity contribution in [3.05, 3.63) is 12.7 Å². The molecule has 0 saturated carbocycles. The molecule has 0 amide bonds. The predicted octanol–water partition coefficient (Wildman–Crippen LogP) is 3.41. The van der Waals surface area contributed by atoms with E-state index in [0.717, 1.165) is 0 Å². The molecule has 0 aromatic rings. The summed E-state index contributed by atoms with van der Waals surface area (Å²) in [6.07, 6.45) is 3.61. The lowest BCUT2D eigenvalue weighted by atomic mass is 9.90. The van der Waals surface area contributed by atoms with E-state index < -0.39 is 11.6 Å². The molecule has 0 bridgehead atoms. The summed E-state index contributed by atoms with van der Waals surface area (Å²) >= 11 is 0. The van der Waals surface area contributed by atoms with Crippen LogP contribution in [0.2, 0.25) is 0 Å². The minimum Gasteiger partial charge on any atom is -0.481 e. The van der Waals surface area contributed by atoms with Gasteiger partial charge in [0.05, 0.1) is 5.92 Å². The highest BCUT2D eigenvalue weighted by Gasteiger charge is 2.25. The van der Waals surface area contributed by atoms with Gasteiger partial charge in [-0.3, -0.25) is 9.59 Å². The Labute approximate surface area is 115 Å². The third kappa shape index (κ3) is 9.28. The fraction of sp³-hybridized carbons (Fsp3) is 0.733. The average molecular weight is 270 g/mol. The van der Waals surface area contributed by atoms with Gasteiger partial charge in [0.25, 0.3) is 0 Å². The van der Waals surface area contributed by atoms with Crippen LogP contribution in [0.15, 0.2) is 12.7 Å². The number of hydrogen-bond acceptors (Lipinski definition) is 3. The second kappa shape index (κ2) is 7.97. The molecule has 0 radical (unpaired) electrons. The van der Waals surface area contributed by atoms with Crippen LogP contribution in [0.3, 0.4) is 0 Å². The zero-order valence-electron chi connectivity index (χ0n) is 12.4. The molecule has 0 heterocycles. The fourth-order valence-electron chi connectivity index (χ4n) is 1.85. The van der Waals surface area contributed by atoms with Crippen molar-refractivity contribution in [2.24, 2.45) is 11.8 Å². The van der Waals surface area contributed by atoms with E-state index >= 15 is 0 Å². The van der Waals surface area contributed by atoms with Crippen molar-refractivity contribution >= 4 is 11.9 Å². The van der Waals surface area contributed by atoms with Gasteiger partial charge in [-0.15, -0.1) is 6.58 Å². The van der Waals surface area contributed by atoms with Crippen molar-refractivity contribution < 1.29 is 19.4 Å². The van der Waals surface area contributed by atoms with E-state index in [-0.39, 0.29) is 24.2 Å². The maximum absolute atomic E-state index is 12.0. The molecule has 4 heteroatoms. The van der Waals surface area contributed by atoms with Gasteiger partial charge in [-0.05, 0) is 46.0 Å². The van der Waals surface area contributed by atoms with Crippen LogP contribution in [-0.4, -0.2) is 22.6 Å². The van der Waals surface area contributed by atoms with Crippen LogP contribution in [0.4, 0.5) is 0 Å². The Morgan fingerprint density at radius 2 is 1.95 bits per heavy atom. The number of carbonyl (C=O) groups excluding carboxylic acids is 1. The van der Waals surface area contributed by atoms with E-state index in [2.05, 4.69) is 6.58 Å². The van der Waals surface area contributed by atoms with Crippen LogP contribution in [0.1, 0.15) is 53.4 Å². The van der Waals surface area contributed by atoms with Gasteiger partial charge < -0.3 is 9.84 Å². The SMILES string of the molecule is C=CCC(C[C@H](C)CCC(=O)O)C(=O)OC(C)(C)C. The molecule has 0 aromatic carbocycles. The van der Waals surface area contributed by atoms with Gasteiger partial charge in [0.15, 0.2) is 0 Å². The molecular weight excluding hydrogens is 244 g/mol. The Morgan fingerprint density at radius 1 is 1.37 bits per heavy atom. The van der Waals surface area contributed by atoms with Crippen molar-refractivity contribution in [1.82, 2.24) is 0 Å². The monoisotopic (exact) mass is 270 g/mol. The smallest absolute Gasteiger partial charge is 0.309 e. The van der Waals surface area contributed by atoms with Gasteiger partial charge in [-0.2, -0.15) is 0 Å². The van der Waals surface area contributed by atoms with E-state index in [1.54, 1.807) is 6.08 Å². The number of ether oxygens (including phenoxy) is 1. The van der Waals surface area contributed by atoms with Crippen molar-refractivity contribution in [2.45, 2.75) is 59.0 Å². The molecular formula is C15H26O4. The quantitative estimate of drug-likeness (QED) is 0.542. The molecule has 19 heavy (non-hydrogen) atoms. The van der Waals surface area contributed by atoms with Crippen LogP contribution < -0.4 is 0 Å². The Hall–Kier alpha value is -1.32. The maximum atomic E-state index is 12.0. The van der Waals surface area contributed by atoms with Crippen molar-refractivity contribution in [2.75, 3.05) is 0 Å². The number of hydrogen-bond donors (Lipinski definition) is 1. The lowest BCUT2D eigenvalue weighted by Crippen LogP contribution is -2.29. The number of rotatable bonds is 8. The first-order chi connectivity index (χ1) is 8.65. The van der Waals surface area contributed by atoms with Crippen LogP contribution in [0, 0.1) is 11.8 Å². The molecule has 1 unspecified atom stereocenters. The zero-order valence-corrected chi connectivity index (χ0v) is 12.4. The van der Waals surface area contributed by atoms with Crippen LogP contribution in [0.5, 0.6) is 0 Å². The van der Waals surface area contributed by atoms with E-state index in [4.69, 9.17) is 9.84 Å². The van der Waals surface area contributed by atoms with Crippen molar-refractivity contribution in [3.63, 3.8) is 0 Å². The van der Waals surface area contributed by atoms with Gasteiger partial charge in [-0.25, -0.2) is 0 Å². The number of carboxylic acids is 1. The third-order valence-electron chi connectivity index (χ3n) is 2.73. The number of esters is 1. The summed E-state index contributed by atoms with van der Waals surface area (Å²) < 4.78 is 5.38. The summed E-state index contributed by atoms with van der Waals surface area (Å²) in [5.41, 5.74) is -0.499. The first-order valence-corrected chi connectivity index (χ1v) is 6.71. The number of carboxylic acid groups (broad SMARTS) is 1. The predicted molar refractivity (Wildman–Crippen MR) is 74.8 cm³/mol. The molecule has 0 aliphatic carbocycles. The summed E-state index contributed by atoms with van der Waals surface area (Å²) in [5.74, 6) is -1.09. The van der Waals surface area contributed by atoms with Gasteiger partial charge in [0.1, 0.15) is 5.60 Å². The molecule has 0 spiro atoms. The molecule has 0 aromatic heterocycles. The normalized spacial score (nSPS) is 14.5. The summed E-state index contributed by atoms with van der Waals surface area (Å²) in [6, 6.07) is 0. The highest BCUT2D eigenvalue weighted by Crippen LogP contribution is 2.23. The number of aliphatic carboxylic acids is 1. The van der Waals surface area contributed by atoms with Gasteiger partial charge >= 0.3 is 11.9 Å². The molecule has 0 aliphatic heterocycles. The van der Waals surface area contributed by atoms with E-state index in [1.807, 2.05) is 27.7 Å². The minimum atomic E-state index is -0.801. The lowest BCUT2D eigenvalue weighted by molar-refractivity contribution is -0.160. The fourth-order valence-corrected chi connectivity index (χ4v) is 1.85. The lowest BCUT2D eigenvalue weighted by Gasteiger charge is -2.25. The van der Waals surface area contributed by atoms with Crippen LogP contribution >= 0.6 is 0 Å². The summed E-state index contributed by atoms with van der Waals surface area (Å²) in [7, 11) is 0. The Balaban J connectivity index is 4.43. The minimum absolute atomic E-state index is 0.135. The highest BCUT2D eigenvalue weighted by atomic mass is 16.6. The van der Waals surface area contributed by atoms with E-state index in [1.165, 1.54) is 0 Å². The standard InChI is InChI=1S/C15H26O4/c1-6-7-12(14(18)19-15(3,4)5)10-11(2)8-9-13(16)17/h6,11-12H,1,7-10H2,2-5H3,(H,16,17)/t11-,12?/m1/s1. The number of carbonyl (C=O) groups is 2. The Kier molecular flexibility index (Phi) is 7.42. The first-order valence-electron chi connectivity index (χ1n) is 6.71. The molecule has 2 atom stereocenters. The average Bonchev–Trinajstić information content (AvgIpc) is 2.23. The van der Waals surface area contributed by atoms with Crippen molar-refractivity contribution in [3.8, 4) is 0 Å². The second-order valence-electron chi connectivity index (χ2n) is 6.03. The van der Waals surface area contributed by atoms with Crippen LogP contribution in [0.25, 0.3) is 0 Å². The Morgan fingerprint density at radius 3 is 2.37 bits per heavy atom. The molecule has 4 nitrogen and oxygen atoms in total. The van der Waals surface area contributed by atoms with Gasteiger partial charge in [-0.1, -0.05) is 13.0 Å². The molecule has 0 fully saturated rings.